The zero-order valence-electron chi connectivity index (χ0n) is 11.0. The molecule has 0 bridgehead atoms. The Kier molecular flexibility index (Phi) is 4.06. The van der Waals surface area contributed by atoms with Gasteiger partial charge in [-0.05, 0) is 24.1 Å². The monoisotopic (exact) mass is 272 g/mol. The van der Waals surface area contributed by atoms with Crippen LogP contribution in [0.3, 0.4) is 0 Å². The molecular formula is C14H16N4S. The maximum absolute atomic E-state index is 5.50. The standard InChI is InChI=1S/C14H16N4S/c1-3-10-4-6-11(7-5-10)18(2)13-9-16-12(8-17-13)14(15)19/h4-9H,3H2,1-2H3,(H2,15,19). The first-order valence-corrected chi connectivity index (χ1v) is 6.47. The average Bonchev–Trinajstić information content (AvgIpc) is 2.46. The summed E-state index contributed by atoms with van der Waals surface area (Å²) in [5.41, 5.74) is 8.41. The van der Waals surface area contributed by atoms with Crippen molar-refractivity contribution in [3.05, 3.63) is 47.9 Å². The summed E-state index contributed by atoms with van der Waals surface area (Å²) in [5, 5.41) is 0. The second-order valence-electron chi connectivity index (χ2n) is 4.20. The van der Waals surface area contributed by atoms with Gasteiger partial charge in [-0.25, -0.2) is 9.97 Å². The molecule has 0 atom stereocenters. The van der Waals surface area contributed by atoms with Crippen LogP contribution in [0.5, 0.6) is 0 Å². The molecule has 0 spiro atoms. The van der Waals surface area contributed by atoms with Crippen LogP contribution in [-0.2, 0) is 6.42 Å². The van der Waals surface area contributed by atoms with Gasteiger partial charge in [0.2, 0.25) is 0 Å². The fraction of sp³-hybridized carbons (Fsp3) is 0.214. The molecule has 1 aromatic carbocycles. The fourth-order valence-corrected chi connectivity index (χ4v) is 1.81. The molecule has 0 saturated carbocycles. The Balaban J connectivity index is 2.22. The molecule has 19 heavy (non-hydrogen) atoms. The maximum Gasteiger partial charge on any atom is 0.151 e. The van der Waals surface area contributed by atoms with Crippen LogP contribution in [-0.4, -0.2) is 22.0 Å². The number of rotatable bonds is 4. The van der Waals surface area contributed by atoms with Gasteiger partial charge in [0.1, 0.15) is 10.7 Å². The van der Waals surface area contributed by atoms with Crippen LogP contribution < -0.4 is 10.6 Å². The normalized spacial score (nSPS) is 10.2. The third-order valence-electron chi connectivity index (χ3n) is 2.97. The molecule has 5 heteroatoms. The van der Waals surface area contributed by atoms with Crippen molar-refractivity contribution in [2.75, 3.05) is 11.9 Å². The molecular weight excluding hydrogens is 256 g/mol. The fourth-order valence-electron chi connectivity index (χ4n) is 1.71. The number of thiocarbonyl (C=S) groups is 1. The molecule has 1 heterocycles. The largest absolute Gasteiger partial charge is 0.388 e. The van der Waals surface area contributed by atoms with E-state index in [1.807, 2.05) is 11.9 Å². The van der Waals surface area contributed by atoms with Crippen molar-refractivity contribution in [2.45, 2.75) is 13.3 Å². The highest BCUT2D eigenvalue weighted by Crippen LogP contribution is 2.21. The van der Waals surface area contributed by atoms with Gasteiger partial charge in [-0.1, -0.05) is 31.3 Å². The van der Waals surface area contributed by atoms with Gasteiger partial charge < -0.3 is 10.6 Å². The summed E-state index contributed by atoms with van der Waals surface area (Å²) < 4.78 is 0. The lowest BCUT2D eigenvalue weighted by atomic mass is 10.1. The highest BCUT2D eigenvalue weighted by molar-refractivity contribution is 7.80. The number of nitrogens with zero attached hydrogens (tertiary/aromatic N) is 3. The van der Waals surface area contributed by atoms with E-state index >= 15 is 0 Å². The number of aromatic nitrogens is 2. The highest BCUT2D eigenvalue weighted by Gasteiger charge is 2.06. The molecule has 0 fully saturated rings. The minimum Gasteiger partial charge on any atom is -0.388 e. The highest BCUT2D eigenvalue weighted by atomic mass is 32.1. The molecule has 0 saturated heterocycles. The SMILES string of the molecule is CCc1ccc(N(C)c2cnc(C(N)=S)cn2)cc1. The number of hydrogen-bond acceptors (Lipinski definition) is 4. The van der Waals surface area contributed by atoms with Crippen LogP contribution in [0, 0.1) is 0 Å². The van der Waals surface area contributed by atoms with Crippen molar-refractivity contribution in [1.82, 2.24) is 9.97 Å². The first-order valence-electron chi connectivity index (χ1n) is 6.06. The molecule has 2 rings (SSSR count). The Hall–Kier alpha value is -2.01. The van der Waals surface area contributed by atoms with Crippen molar-refractivity contribution in [1.29, 1.82) is 0 Å². The van der Waals surface area contributed by atoms with Crippen molar-refractivity contribution in [3.63, 3.8) is 0 Å². The van der Waals surface area contributed by atoms with E-state index in [0.29, 0.717) is 5.69 Å². The Morgan fingerprint density at radius 1 is 1.21 bits per heavy atom. The molecule has 0 aliphatic heterocycles. The van der Waals surface area contributed by atoms with E-state index < -0.39 is 0 Å². The number of hydrogen-bond donors (Lipinski definition) is 1. The second kappa shape index (κ2) is 5.75. The smallest absolute Gasteiger partial charge is 0.151 e. The maximum atomic E-state index is 5.50. The summed E-state index contributed by atoms with van der Waals surface area (Å²) >= 11 is 4.85. The van der Waals surface area contributed by atoms with Crippen molar-refractivity contribution < 1.29 is 0 Å². The number of nitrogens with two attached hydrogens (primary N) is 1. The van der Waals surface area contributed by atoms with Crippen molar-refractivity contribution in [2.24, 2.45) is 5.73 Å². The Bertz CT molecular complexity index is 563. The topological polar surface area (TPSA) is 55.0 Å². The summed E-state index contributed by atoms with van der Waals surface area (Å²) in [6.07, 6.45) is 4.29. The first kappa shape index (κ1) is 13.4. The first-order chi connectivity index (χ1) is 9.11. The molecule has 1 aromatic heterocycles. The van der Waals surface area contributed by atoms with E-state index in [1.165, 1.54) is 5.56 Å². The van der Waals surface area contributed by atoms with E-state index in [0.717, 1.165) is 17.9 Å². The summed E-state index contributed by atoms with van der Waals surface area (Å²) in [6, 6.07) is 8.37. The van der Waals surface area contributed by atoms with Crippen molar-refractivity contribution in [3.8, 4) is 0 Å². The average molecular weight is 272 g/mol. The Labute approximate surface area is 118 Å². The van der Waals surface area contributed by atoms with Gasteiger partial charge >= 0.3 is 0 Å². The van der Waals surface area contributed by atoms with Crippen LogP contribution in [0.4, 0.5) is 11.5 Å². The quantitative estimate of drug-likeness (QED) is 0.866. The zero-order chi connectivity index (χ0) is 13.8. The minimum atomic E-state index is 0.258. The van der Waals surface area contributed by atoms with Crippen LogP contribution >= 0.6 is 12.2 Å². The summed E-state index contributed by atoms with van der Waals surface area (Å²) in [6.45, 7) is 2.14. The molecule has 0 aliphatic rings. The lowest BCUT2D eigenvalue weighted by Crippen LogP contribution is -2.15. The van der Waals surface area contributed by atoms with Gasteiger partial charge in [-0.15, -0.1) is 0 Å². The van der Waals surface area contributed by atoms with Gasteiger partial charge in [-0.2, -0.15) is 0 Å². The van der Waals surface area contributed by atoms with Gasteiger partial charge in [0, 0.05) is 12.7 Å². The van der Waals surface area contributed by atoms with Crippen LogP contribution in [0.15, 0.2) is 36.7 Å². The van der Waals surface area contributed by atoms with E-state index in [4.69, 9.17) is 18.0 Å². The second-order valence-corrected chi connectivity index (χ2v) is 4.64. The van der Waals surface area contributed by atoms with Crippen molar-refractivity contribution >= 4 is 28.7 Å². The molecule has 98 valence electrons. The third-order valence-corrected chi connectivity index (χ3v) is 3.18. The van der Waals surface area contributed by atoms with Gasteiger partial charge in [0.15, 0.2) is 5.82 Å². The van der Waals surface area contributed by atoms with E-state index in [9.17, 15) is 0 Å². The van der Waals surface area contributed by atoms with Gasteiger partial charge in [0.05, 0.1) is 12.4 Å². The predicted molar refractivity (Wildman–Crippen MR) is 81.8 cm³/mol. The lowest BCUT2D eigenvalue weighted by molar-refractivity contribution is 1.07. The predicted octanol–water partition coefficient (Wildman–Crippen LogP) is 2.44. The molecule has 0 aliphatic carbocycles. The summed E-state index contributed by atoms with van der Waals surface area (Å²) in [7, 11) is 1.95. The number of aryl methyl sites for hydroxylation is 1. The molecule has 2 N–H and O–H groups in total. The van der Waals surface area contributed by atoms with Gasteiger partial charge in [-0.3, -0.25) is 0 Å². The van der Waals surface area contributed by atoms with Crippen LogP contribution in [0.2, 0.25) is 0 Å². The molecule has 0 unspecified atom stereocenters. The number of benzene rings is 1. The van der Waals surface area contributed by atoms with E-state index in [2.05, 4.69) is 41.2 Å². The lowest BCUT2D eigenvalue weighted by Gasteiger charge is -2.18. The van der Waals surface area contributed by atoms with Gasteiger partial charge in [0.25, 0.3) is 0 Å². The molecule has 0 amide bonds. The molecule has 4 nitrogen and oxygen atoms in total. The minimum absolute atomic E-state index is 0.258. The number of anilines is 2. The van der Waals surface area contributed by atoms with E-state index in [-0.39, 0.29) is 4.99 Å². The zero-order valence-corrected chi connectivity index (χ0v) is 11.8. The van der Waals surface area contributed by atoms with E-state index in [1.54, 1.807) is 12.4 Å². The Morgan fingerprint density at radius 2 is 1.89 bits per heavy atom. The summed E-state index contributed by atoms with van der Waals surface area (Å²) in [5.74, 6) is 0.754. The van der Waals surface area contributed by atoms with Crippen LogP contribution in [0.1, 0.15) is 18.2 Å². The Morgan fingerprint density at radius 3 is 2.37 bits per heavy atom. The van der Waals surface area contributed by atoms with Crippen LogP contribution in [0.25, 0.3) is 0 Å². The molecule has 2 aromatic rings. The molecule has 0 radical (unpaired) electrons. The third kappa shape index (κ3) is 3.06. The summed E-state index contributed by atoms with van der Waals surface area (Å²) in [4.78, 5) is 10.7.